The van der Waals surface area contributed by atoms with Crippen LogP contribution in [-0.2, 0) is 13.6 Å². The third-order valence-corrected chi connectivity index (χ3v) is 4.25. The monoisotopic (exact) mass is 261 g/mol. The fourth-order valence-electron chi connectivity index (χ4n) is 3.01. The molecule has 0 amide bonds. The van der Waals surface area contributed by atoms with Crippen molar-refractivity contribution < 1.29 is 5.11 Å². The predicted octanol–water partition coefficient (Wildman–Crippen LogP) is 1.93. The molecule has 1 fully saturated rings. The van der Waals surface area contributed by atoms with Gasteiger partial charge < -0.3 is 15.0 Å². The highest BCUT2D eigenvalue weighted by molar-refractivity contribution is 5.28. The number of aliphatic hydroxyl groups is 1. The lowest BCUT2D eigenvalue weighted by atomic mass is 9.74. The largest absolute Gasteiger partial charge is 0.396 e. The number of aliphatic hydroxyl groups excluding tert-OH is 1. The van der Waals surface area contributed by atoms with Crippen LogP contribution in [0.25, 0.3) is 0 Å². The van der Waals surface area contributed by atoms with E-state index in [1.807, 2.05) is 23.9 Å². The van der Waals surface area contributed by atoms with Crippen molar-refractivity contribution in [2.45, 2.75) is 38.6 Å². The summed E-state index contributed by atoms with van der Waals surface area (Å²) in [6, 6.07) is 4.09. The number of aryl methyl sites for hydroxylation is 1. The molecule has 1 aliphatic rings. The lowest BCUT2D eigenvalue weighted by Crippen LogP contribution is -2.38. The number of rotatable bonds is 5. The van der Waals surface area contributed by atoms with Gasteiger partial charge in [0.05, 0.1) is 0 Å². The van der Waals surface area contributed by atoms with Crippen molar-refractivity contribution in [2.24, 2.45) is 12.5 Å². The molecule has 1 aliphatic carbocycles. The molecule has 104 valence electrons. The van der Waals surface area contributed by atoms with E-state index in [1.54, 1.807) is 0 Å². The van der Waals surface area contributed by atoms with Gasteiger partial charge in [-0.25, -0.2) is 0 Å². The Morgan fingerprint density at radius 2 is 2.16 bits per heavy atom. The normalized spacial score (nSPS) is 18.2. The molecule has 0 saturated heterocycles. The second-order valence-corrected chi connectivity index (χ2v) is 5.78. The summed E-state index contributed by atoms with van der Waals surface area (Å²) in [6.07, 6.45) is 7.98. The lowest BCUT2D eigenvalue weighted by molar-refractivity contribution is 0.0810. The third kappa shape index (κ3) is 3.37. The summed E-state index contributed by atoms with van der Waals surface area (Å²) in [5.74, 6) is 0. The van der Waals surface area contributed by atoms with E-state index in [2.05, 4.69) is 11.4 Å². The van der Waals surface area contributed by atoms with E-state index in [-0.39, 0.29) is 12.0 Å². The Hall–Kier alpha value is -1.31. The van der Waals surface area contributed by atoms with Gasteiger partial charge in [-0.1, -0.05) is 19.3 Å². The number of hydrogen-bond acceptors (Lipinski definition) is 3. The first-order valence-corrected chi connectivity index (χ1v) is 7.06. The number of aromatic nitrogens is 1. The van der Waals surface area contributed by atoms with Crippen LogP contribution in [0.3, 0.4) is 0 Å². The smallest absolute Gasteiger partial charge is 0.120 e. The summed E-state index contributed by atoms with van der Waals surface area (Å²) in [5, 5.41) is 22.0. The van der Waals surface area contributed by atoms with Crippen LogP contribution in [0.4, 0.5) is 0 Å². The molecule has 1 aromatic rings. The van der Waals surface area contributed by atoms with Crippen molar-refractivity contribution in [3.05, 3.63) is 23.5 Å². The molecule has 19 heavy (non-hydrogen) atoms. The number of nitriles is 1. The second-order valence-electron chi connectivity index (χ2n) is 5.78. The van der Waals surface area contributed by atoms with E-state index in [0.717, 1.165) is 31.5 Å². The minimum Gasteiger partial charge on any atom is -0.396 e. The van der Waals surface area contributed by atoms with Gasteiger partial charge in [0.2, 0.25) is 0 Å². The fourth-order valence-corrected chi connectivity index (χ4v) is 3.01. The van der Waals surface area contributed by atoms with Crippen LogP contribution in [0.1, 0.15) is 43.4 Å². The molecule has 2 N–H and O–H groups in total. The molecule has 0 atom stereocenters. The maximum absolute atomic E-state index is 9.64. The predicted molar refractivity (Wildman–Crippen MR) is 74.4 cm³/mol. The number of hydrogen-bond donors (Lipinski definition) is 2. The Bertz CT molecular complexity index is 452. The molecule has 0 unspecified atom stereocenters. The van der Waals surface area contributed by atoms with Gasteiger partial charge in [-0.3, -0.25) is 0 Å². The maximum atomic E-state index is 9.64. The van der Waals surface area contributed by atoms with Crippen LogP contribution in [0, 0.1) is 16.7 Å². The maximum Gasteiger partial charge on any atom is 0.120 e. The molecule has 0 bridgehead atoms. The SMILES string of the molecule is Cn1cc(CNCC2(CO)CCCCC2)cc1C#N. The highest BCUT2D eigenvalue weighted by Crippen LogP contribution is 2.35. The topological polar surface area (TPSA) is 61.0 Å². The molecule has 2 rings (SSSR count). The number of nitrogens with zero attached hydrogens (tertiary/aromatic N) is 2. The molecule has 1 saturated carbocycles. The van der Waals surface area contributed by atoms with E-state index in [9.17, 15) is 5.11 Å². The van der Waals surface area contributed by atoms with Crippen molar-refractivity contribution >= 4 is 0 Å². The van der Waals surface area contributed by atoms with Gasteiger partial charge in [-0.2, -0.15) is 5.26 Å². The van der Waals surface area contributed by atoms with Crippen LogP contribution in [0.5, 0.6) is 0 Å². The van der Waals surface area contributed by atoms with Crippen LogP contribution >= 0.6 is 0 Å². The summed E-state index contributed by atoms with van der Waals surface area (Å²) in [4.78, 5) is 0. The van der Waals surface area contributed by atoms with E-state index in [0.29, 0.717) is 5.69 Å². The summed E-state index contributed by atoms with van der Waals surface area (Å²) in [6.45, 7) is 1.90. The standard InChI is InChI=1S/C15H23N3O/c1-18-10-13(7-14(18)8-16)9-17-11-15(12-19)5-3-2-4-6-15/h7,10,17,19H,2-6,9,11-12H2,1H3. The molecule has 0 aromatic carbocycles. The molecule has 0 radical (unpaired) electrons. The first-order chi connectivity index (χ1) is 9.19. The van der Waals surface area contributed by atoms with Gasteiger partial charge in [0.15, 0.2) is 0 Å². The average molecular weight is 261 g/mol. The van der Waals surface area contributed by atoms with Crippen molar-refractivity contribution in [1.29, 1.82) is 5.26 Å². The molecule has 4 heteroatoms. The van der Waals surface area contributed by atoms with E-state index in [1.165, 1.54) is 19.3 Å². The Morgan fingerprint density at radius 3 is 2.74 bits per heavy atom. The Labute approximate surface area is 115 Å². The minimum absolute atomic E-state index is 0.0745. The molecule has 4 nitrogen and oxygen atoms in total. The highest BCUT2D eigenvalue weighted by atomic mass is 16.3. The van der Waals surface area contributed by atoms with Gasteiger partial charge in [0.1, 0.15) is 11.8 Å². The quantitative estimate of drug-likeness (QED) is 0.851. The summed E-state index contributed by atoms with van der Waals surface area (Å²) >= 11 is 0. The van der Waals surface area contributed by atoms with Crippen LogP contribution in [0.2, 0.25) is 0 Å². The van der Waals surface area contributed by atoms with Gasteiger partial charge in [-0.15, -0.1) is 0 Å². The zero-order valence-electron chi connectivity index (χ0n) is 11.7. The zero-order chi connectivity index (χ0) is 13.7. The van der Waals surface area contributed by atoms with Crippen LogP contribution in [0.15, 0.2) is 12.3 Å². The molecule has 1 aromatic heterocycles. The first-order valence-electron chi connectivity index (χ1n) is 7.06. The second kappa shape index (κ2) is 6.23. The summed E-state index contributed by atoms with van der Waals surface area (Å²) < 4.78 is 1.85. The molecular formula is C15H23N3O. The Balaban J connectivity index is 1.86. The van der Waals surface area contributed by atoms with E-state index < -0.39 is 0 Å². The van der Waals surface area contributed by atoms with Crippen molar-refractivity contribution in [1.82, 2.24) is 9.88 Å². The minimum atomic E-state index is 0.0745. The lowest BCUT2D eigenvalue weighted by Gasteiger charge is -2.35. The van der Waals surface area contributed by atoms with Crippen molar-refractivity contribution in [2.75, 3.05) is 13.2 Å². The van der Waals surface area contributed by atoms with E-state index >= 15 is 0 Å². The Kier molecular flexibility index (Phi) is 4.62. The Morgan fingerprint density at radius 1 is 1.42 bits per heavy atom. The third-order valence-electron chi connectivity index (χ3n) is 4.25. The molecular weight excluding hydrogens is 238 g/mol. The molecule has 0 spiro atoms. The van der Waals surface area contributed by atoms with Crippen LogP contribution in [-0.4, -0.2) is 22.8 Å². The van der Waals surface area contributed by atoms with Gasteiger partial charge in [-0.05, 0) is 24.5 Å². The molecule has 1 heterocycles. The molecule has 0 aliphatic heterocycles. The van der Waals surface area contributed by atoms with Crippen molar-refractivity contribution in [3.8, 4) is 6.07 Å². The van der Waals surface area contributed by atoms with Crippen LogP contribution < -0.4 is 5.32 Å². The van der Waals surface area contributed by atoms with Gasteiger partial charge in [0, 0.05) is 38.4 Å². The summed E-state index contributed by atoms with van der Waals surface area (Å²) in [7, 11) is 1.89. The fraction of sp³-hybridized carbons (Fsp3) is 0.667. The number of nitrogens with one attached hydrogen (secondary N) is 1. The van der Waals surface area contributed by atoms with Crippen molar-refractivity contribution in [3.63, 3.8) is 0 Å². The highest BCUT2D eigenvalue weighted by Gasteiger charge is 2.30. The summed E-state index contributed by atoms with van der Waals surface area (Å²) in [5.41, 5.74) is 1.89. The average Bonchev–Trinajstić information content (AvgIpc) is 2.80. The van der Waals surface area contributed by atoms with E-state index in [4.69, 9.17) is 5.26 Å². The first kappa shape index (κ1) is 14.1. The van der Waals surface area contributed by atoms with Gasteiger partial charge in [0.25, 0.3) is 0 Å². The van der Waals surface area contributed by atoms with Gasteiger partial charge >= 0.3 is 0 Å². The zero-order valence-corrected chi connectivity index (χ0v) is 11.7.